The number of thiophene rings is 1. The molecule has 0 radical (unpaired) electrons. The first-order chi connectivity index (χ1) is 10.00. The number of aliphatic hydroxyl groups is 1. The van der Waals surface area contributed by atoms with E-state index in [9.17, 15) is 9.90 Å². The summed E-state index contributed by atoms with van der Waals surface area (Å²) in [5.41, 5.74) is 1.74. The van der Waals surface area contributed by atoms with Crippen molar-refractivity contribution >= 4 is 17.2 Å². The molecule has 1 aromatic rings. The van der Waals surface area contributed by atoms with E-state index in [0.717, 1.165) is 18.4 Å². The lowest BCUT2D eigenvalue weighted by Gasteiger charge is -2.42. The van der Waals surface area contributed by atoms with Gasteiger partial charge in [0.25, 0.3) is 5.91 Å². The third-order valence-corrected chi connectivity index (χ3v) is 5.35. The highest BCUT2D eigenvalue weighted by Crippen LogP contribution is 2.32. The molecule has 0 aromatic carbocycles. The van der Waals surface area contributed by atoms with Gasteiger partial charge in [-0.05, 0) is 45.1 Å². The molecule has 3 rings (SSSR count). The highest BCUT2D eigenvalue weighted by molar-refractivity contribution is 7.10. The zero-order chi connectivity index (χ0) is 15.0. The van der Waals surface area contributed by atoms with Crippen LogP contribution in [0.5, 0.6) is 0 Å². The van der Waals surface area contributed by atoms with Gasteiger partial charge in [-0.2, -0.15) is 0 Å². The highest BCUT2D eigenvalue weighted by atomic mass is 32.1. The average Bonchev–Trinajstić information content (AvgIpc) is 2.88. The number of ether oxygens (including phenoxy) is 1. The number of rotatable bonds is 2. The van der Waals surface area contributed by atoms with Crippen molar-refractivity contribution in [2.75, 3.05) is 19.7 Å². The van der Waals surface area contributed by atoms with E-state index in [0.29, 0.717) is 13.1 Å². The van der Waals surface area contributed by atoms with Crippen molar-refractivity contribution in [1.29, 1.82) is 0 Å². The van der Waals surface area contributed by atoms with Gasteiger partial charge < -0.3 is 14.7 Å². The predicted molar refractivity (Wildman–Crippen MR) is 82.9 cm³/mol. The number of carbonyl (C=O) groups excluding carboxylic acids is 1. The van der Waals surface area contributed by atoms with Gasteiger partial charge in [-0.15, -0.1) is 11.3 Å². The Hall–Kier alpha value is -0.910. The van der Waals surface area contributed by atoms with Crippen LogP contribution in [0.15, 0.2) is 5.38 Å². The number of hydrogen-bond donors (Lipinski definition) is 1. The molecule has 1 aromatic heterocycles. The van der Waals surface area contributed by atoms with E-state index < -0.39 is 5.60 Å². The van der Waals surface area contributed by atoms with Crippen molar-refractivity contribution in [2.45, 2.75) is 51.2 Å². The smallest absolute Gasteiger partial charge is 0.255 e. The Labute approximate surface area is 129 Å². The van der Waals surface area contributed by atoms with Crippen molar-refractivity contribution < 1.29 is 14.6 Å². The van der Waals surface area contributed by atoms with Crippen molar-refractivity contribution in [2.24, 2.45) is 0 Å². The predicted octanol–water partition coefficient (Wildman–Crippen LogP) is 2.24. The summed E-state index contributed by atoms with van der Waals surface area (Å²) in [6.07, 6.45) is 4.26. The number of nitrogens with zero attached hydrogens (tertiary/aromatic N) is 1. The lowest BCUT2D eigenvalue weighted by molar-refractivity contribution is -0.139. The van der Waals surface area contributed by atoms with E-state index in [2.05, 4.69) is 0 Å². The number of aliphatic hydroxyl groups excluding tert-OH is 1. The summed E-state index contributed by atoms with van der Waals surface area (Å²) in [5.74, 6) is 0.101. The highest BCUT2D eigenvalue weighted by Gasteiger charge is 2.36. The second-order valence-electron chi connectivity index (χ2n) is 6.63. The molecule has 1 aliphatic heterocycles. The lowest BCUT2D eigenvalue weighted by atomic mass is 9.95. The van der Waals surface area contributed by atoms with Crippen molar-refractivity contribution in [3.05, 3.63) is 21.4 Å². The van der Waals surface area contributed by atoms with Gasteiger partial charge in [-0.1, -0.05) is 0 Å². The van der Waals surface area contributed by atoms with Gasteiger partial charge in [0.05, 0.1) is 23.9 Å². The van der Waals surface area contributed by atoms with Gasteiger partial charge in [-0.3, -0.25) is 4.79 Å². The molecule has 2 aliphatic rings. The maximum Gasteiger partial charge on any atom is 0.255 e. The normalized spacial score (nSPS) is 24.7. The average molecular weight is 309 g/mol. The molecular weight excluding hydrogens is 286 g/mol. The first kappa shape index (κ1) is 15.0. The lowest BCUT2D eigenvalue weighted by Crippen LogP contribution is -2.55. The zero-order valence-corrected chi connectivity index (χ0v) is 13.5. The van der Waals surface area contributed by atoms with Crippen LogP contribution in [0.4, 0.5) is 0 Å². The molecule has 5 heteroatoms. The molecule has 1 unspecified atom stereocenters. The van der Waals surface area contributed by atoms with Crippen molar-refractivity contribution in [3.8, 4) is 0 Å². The molecule has 0 saturated carbocycles. The van der Waals surface area contributed by atoms with Gasteiger partial charge in [0.15, 0.2) is 0 Å². The number of fused-ring (bicyclic) bond motifs is 1. The molecule has 1 N–H and O–H groups in total. The fourth-order valence-electron chi connectivity index (χ4n) is 3.39. The first-order valence-electron chi connectivity index (χ1n) is 7.67. The summed E-state index contributed by atoms with van der Waals surface area (Å²) in [4.78, 5) is 16.1. The summed E-state index contributed by atoms with van der Waals surface area (Å²) in [6.45, 7) is 4.95. The van der Waals surface area contributed by atoms with Crippen molar-refractivity contribution in [3.63, 3.8) is 0 Å². The van der Waals surface area contributed by atoms with Crippen LogP contribution in [0, 0.1) is 0 Å². The molecule has 1 aliphatic carbocycles. The summed E-state index contributed by atoms with van der Waals surface area (Å²) < 4.78 is 5.79. The Morgan fingerprint density at radius 3 is 3.00 bits per heavy atom. The number of amides is 1. The van der Waals surface area contributed by atoms with Gasteiger partial charge in [0.1, 0.15) is 0 Å². The first-order valence-corrected chi connectivity index (χ1v) is 8.55. The third-order valence-electron chi connectivity index (χ3n) is 4.26. The summed E-state index contributed by atoms with van der Waals surface area (Å²) in [6, 6.07) is 0. The van der Waals surface area contributed by atoms with Gasteiger partial charge in [-0.25, -0.2) is 0 Å². The number of carbonyl (C=O) groups is 1. The number of hydrogen-bond acceptors (Lipinski definition) is 4. The Bertz CT molecular complexity index is 538. The number of morpholine rings is 1. The minimum Gasteiger partial charge on any atom is -0.394 e. The SMILES string of the molecule is CC1(C)CN(C(=O)c2csc3c2CCCC3)CC(CO)O1. The fourth-order valence-corrected chi connectivity index (χ4v) is 4.51. The van der Waals surface area contributed by atoms with Crippen LogP contribution in [-0.2, 0) is 17.6 Å². The van der Waals surface area contributed by atoms with E-state index in [1.807, 2.05) is 24.1 Å². The Morgan fingerprint density at radius 2 is 2.24 bits per heavy atom. The third kappa shape index (κ3) is 3.00. The summed E-state index contributed by atoms with van der Waals surface area (Å²) in [5, 5.41) is 11.4. The molecule has 116 valence electrons. The Morgan fingerprint density at radius 1 is 1.48 bits per heavy atom. The second-order valence-corrected chi connectivity index (χ2v) is 7.59. The maximum absolute atomic E-state index is 12.9. The van der Waals surface area contributed by atoms with E-state index in [4.69, 9.17) is 4.74 Å². The molecule has 21 heavy (non-hydrogen) atoms. The van der Waals surface area contributed by atoms with Crippen LogP contribution in [0.3, 0.4) is 0 Å². The monoisotopic (exact) mass is 309 g/mol. The van der Waals surface area contributed by atoms with Crippen LogP contribution < -0.4 is 0 Å². The van der Waals surface area contributed by atoms with Crippen molar-refractivity contribution in [1.82, 2.24) is 4.90 Å². The van der Waals surface area contributed by atoms with Crippen LogP contribution in [0.25, 0.3) is 0 Å². The maximum atomic E-state index is 12.9. The molecular formula is C16H23NO3S. The number of aryl methyl sites for hydroxylation is 1. The van der Waals surface area contributed by atoms with E-state index in [1.54, 1.807) is 11.3 Å². The molecule has 2 heterocycles. The van der Waals surface area contributed by atoms with Crippen LogP contribution in [-0.4, -0.2) is 47.3 Å². The second kappa shape index (κ2) is 5.71. The zero-order valence-electron chi connectivity index (χ0n) is 12.7. The van der Waals surface area contributed by atoms with Gasteiger partial charge in [0, 0.05) is 23.3 Å². The molecule has 4 nitrogen and oxygen atoms in total. The largest absolute Gasteiger partial charge is 0.394 e. The molecule has 0 bridgehead atoms. The standard InChI is InChI=1S/C16H23NO3S/c1-16(2)10-17(7-11(8-18)20-16)15(19)13-9-21-14-6-4-3-5-12(13)14/h9,11,18H,3-8,10H2,1-2H3. The quantitative estimate of drug-likeness (QED) is 0.911. The topological polar surface area (TPSA) is 49.8 Å². The van der Waals surface area contributed by atoms with Crippen LogP contribution in [0.1, 0.15) is 47.5 Å². The summed E-state index contributed by atoms with van der Waals surface area (Å²) >= 11 is 1.72. The molecule has 1 saturated heterocycles. The van der Waals surface area contributed by atoms with E-state index in [1.165, 1.54) is 23.3 Å². The molecule has 0 spiro atoms. The van der Waals surface area contributed by atoms with Gasteiger partial charge in [0.2, 0.25) is 0 Å². The summed E-state index contributed by atoms with van der Waals surface area (Å²) in [7, 11) is 0. The van der Waals surface area contributed by atoms with Crippen LogP contribution >= 0.6 is 11.3 Å². The Balaban J connectivity index is 1.83. The molecule has 1 atom stereocenters. The van der Waals surface area contributed by atoms with Gasteiger partial charge >= 0.3 is 0 Å². The molecule has 1 fully saturated rings. The van der Waals surface area contributed by atoms with E-state index in [-0.39, 0.29) is 18.6 Å². The van der Waals surface area contributed by atoms with E-state index >= 15 is 0 Å². The fraction of sp³-hybridized carbons (Fsp3) is 0.688. The minimum atomic E-state index is -0.405. The van der Waals surface area contributed by atoms with Crippen LogP contribution in [0.2, 0.25) is 0 Å². The Kier molecular flexibility index (Phi) is 4.08. The minimum absolute atomic E-state index is 0.0467. The molecule has 1 amide bonds.